The van der Waals surface area contributed by atoms with Crippen molar-refractivity contribution in [3.8, 4) is 0 Å². The van der Waals surface area contributed by atoms with E-state index in [1.54, 1.807) is 0 Å². The number of fused-ring (bicyclic) bond motifs is 1. The van der Waals surface area contributed by atoms with Gasteiger partial charge in [0.15, 0.2) is 0 Å². The van der Waals surface area contributed by atoms with Gasteiger partial charge < -0.3 is 10.2 Å². The SMILES string of the molecule is O=C(NC1Cc2ccccc2C1)C1CN(c2ccc(F)cc2F)C(=O)C1=O. The molecule has 0 bridgehead atoms. The van der Waals surface area contributed by atoms with E-state index in [9.17, 15) is 23.2 Å². The molecule has 1 saturated heterocycles. The molecular weight excluding hydrogens is 354 g/mol. The predicted octanol–water partition coefficient (Wildman–Crippen LogP) is 1.78. The monoisotopic (exact) mass is 370 g/mol. The van der Waals surface area contributed by atoms with Crippen LogP contribution in [-0.2, 0) is 27.2 Å². The topological polar surface area (TPSA) is 66.5 Å². The zero-order chi connectivity index (χ0) is 19.1. The first-order valence-electron chi connectivity index (χ1n) is 8.62. The molecule has 1 aliphatic carbocycles. The summed E-state index contributed by atoms with van der Waals surface area (Å²) in [5.74, 6) is -5.34. The molecule has 5 nitrogen and oxygen atoms in total. The van der Waals surface area contributed by atoms with Gasteiger partial charge >= 0.3 is 0 Å². The Morgan fingerprint density at radius 1 is 1.04 bits per heavy atom. The fraction of sp³-hybridized carbons (Fsp3) is 0.250. The van der Waals surface area contributed by atoms with Crippen molar-refractivity contribution in [3.05, 3.63) is 65.2 Å². The van der Waals surface area contributed by atoms with Crippen LogP contribution in [0.3, 0.4) is 0 Å². The van der Waals surface area contributed by atoms with Gasteiger partial charge in [-0.2, -0.15) is 0 Å². The van der Waals surface area contributed by atoms with Crippen LogP contribution in [0.2, 0.25) is 0 Å². The maximum atomic E-state index is 14.0. The van der Waals surface area contributed by atoms with E-state index in [2.05, 4.69) is 5.32 Å². The number of carbonyl (C=O) groups is 3. The maximum absolute atomic E-state index is 14.0. The van der Waals surface area contributed by atoms with E-state index in [0.29, 0.717) is 18.9 Å². The number of hydrogen-bond donors (Lipinski definition) is 1. The van der Waals surface area contributed by atoms with Crippen molar-refractivity contribution in [3.63, 3.8) is 0 Å². The van der Waals surface area contributed by atoms with Gasteiger partial charge in [0.2, 0.25) is 11.7 Å². The molecule has 2 aromatic rings. The first kappa shape index (κ1) is 17.3. The minimum atomic E-state index is -1.20. The van der Waals surface area contributed by atoms with Gasteiger partial charge in [0, 0.05) is 18.7 Å². The number of nitrogens with zero attached hydrogens (tertiary/aromatic N) is 1. The van der Waals surface area contributed by atoms with E-state index in [1.807, 2.05) is 24.3 Å². The summed E-state index contributed by atoms with van der Waals surface area (Å²) in [7, 11) is 0. The van der Waals surface area contributed by atoms with Crippen LogP contribution in [0, 0.1) is 17.6 Å². The van der Waals surface area contributed by atoms with Gasteiger partial charge in [0.25, 0.3) is 5.91 Å². The minimum Gasteiger partial charge on any atom is -0.352 e. The lowest BCUT2D eigenvalue weighted by Crippen LogP contribution is -2.42. The summed E-state index contributed by atoms with van der Waals surface area (Å²) < 4.78 is 27.0. The lowest BCUT2D eigenvalue weighted by Gasteiger charge is -2.17. The normalized spacial score (nSPS) is 19.5. The van der Waals surface area contributed by atoms with Gasteiger partial charge in [0.05, 0.1) is 5.69 Å². The third-order valence-electron chi connectivity index (χ3n) is 5.05. The summed E-state index contributed by atoms with van der Waals surface area (Å²) in [6.07, 6.45) is 1.32. The van der Waals surface area contributed by atoms with Crippen molar-refractivity contribution < 1.29 is 23.2 Å². The van der Waals surface area contributed by atoms with E-state index in [0.717, 1.165) is 28.2 Å². The van der Waals surface area contributed by atoms with Crippen LogP contribution < -0.4 is 10.2 Å². The average molecular weight is 370 g/mol. The molecule has 1 unspecified atom stereocenters. The Balaban J connectivity index is 1.47. The second-order valence-electron chi connectivity index (χ2n) is 6.81. The zero-order valence-electron chi connectivity index (χ0n) is 14.2. The first-order valence-corrected chi connectivity index (χ1v) is 8.62. The molecular formula is C20H16F2N2O3. The summed E-state index contributed by atoms with van der Waals surface area (Å²) in [5, 5.41) is 2.82. The Morgan fingerprint density at radius 2 is 1.70 bits per heavy atom. The highest BCUT2D eigenvalue weighted by Crippen LogP contribution is 2.27. The quantitative estimate of drug-likeness (QED) is 0.662. The van der Waals surface area contributed by atoms with E-state index in [1.165, 1.54) is 0 Å². The molecule has 0 spiro atoms. The van der Waals surface area contributed by atoms with Crippen molar-refractivity contribution >= 4 is 23.3 Å². The number of anilines is 1. The number of nitrogens with one attached hydrogen (secondary N) is 1. The Kier molecular flexibility index (Phi) is 4.22. The van der Waals surface area contributed by atoms with Gasteiger partial charge in [-0.1, -0.05) is 24.3 Å². The smallest absolute Gasteiger partial charge is 0.295 e. The third-order valence-corrected chi connectivity index (χ3v) is 5.05. The number of benzene rings is 2. The molecule has 27 heavy (non-hydrogen) atoms. The summed E-state index contributed by atoms with van der Waals surface area (Å²) in [6, 6.07) is 10.4. The predicted molar refractivity (Wildman–Crippen MR) is 93.0 cm³/mol. The molecule has 2 aromatic carbocycles. The van der Waals surface area contributed by atoms with Crippen LogP contribution in [0.15, 0.2) is 42.5 Å². The van der Waals surface area contributed by atoms with Gasteiger partial charge in [-0.25, -0.2) is 8.78 Å². The lowest BCUT2D eigenvalue weighted by molar-refractivity contribution is -0.139. The molecule has 1 aliphatic heterocycles. The van der Waals surface area contributed by atoms with E-state index in [4.69, 9.17) is 0 Å². The Morgan fingerprint density at radius 3 is 2.33 bits per heavy atom. The van der Waals surface area contributed by atoms with Crippen molar-refractivity contribution in [2.24, 2.45) is 5.92 Å². The highest BCUT2D eigenvalue weighted by molar-refractivity contribution is 6.47. The van der Waals surface area contributed by atoms with Crippen LogP contribution in [0.25, 0.3) is 0 Å². The summed E-state index contributed by atoms with van der Waals surface area (Å²) >= 11 is 0. The largest absolute Gasteiger partial charge is 0.352 e. The molecule has 0 saturated carbocycles. The van der Waals surface area contributed by atoms with Gasteiger partial charge in [-0.05, 0) is 36.1 Å². The van der Waals surface area contributed by atoms with Crippen LogP contribution in [-0.4, -0.2) is 30.2 Å². The number of halogens is 2. The molecule has 138 valence electrons. The third kappa shape index (κ3) is 3.09. The molecule has 2 aliphatic rings. The van der Waals surface area contributed by atoms with Crippen molar-refractivity contribution in [1.82, 2.24) is 5.32 Å². The van der Waals surface area contributed by atoms with Gasteiger partial charge in [0.1, 0.15) is 17.6 Å². The number of ketones is 1. The van der Waals surface area contributed by atoms with Crippen molar-refractivity contribution in [2.75, 3.05) is 11.4 Å². The molecule has 1 N–H and O–H groups in total. The average Bonchev–Trinajstić information content (AvgIpc) is 3.16. The number of amides is 2. The molecule has 0 aromatic heterocycles. The Bertz CT molecular complexity index is 935. The minimum absolute atomic E-state index is 0.144. The summed E-state index contributed by atoms with van der Waals surface area (Å²) in [6.45, 7) is -0.258. The maximum Gasteiger partial charge on any atom is 0.295 e. The summed E-state index contributed by atoms with van der Waals surface area (Å²) in [5.41, 5.74) is 2.08. The van der Waals surface area contributed by atoms with Crippen LogP contribution in [0.5, 0.6) is 0 Å². The van der Waals surface area contributed by atoms with Crippen molar-refractivity contribution in [2.45, 2.75) is 18.9 Å². The fourth-order valence-electron chi connectivity index (χ4n) is 3.70. The number of hydrogen-bond acceptors (Lipinski definition) is 3. The second kappa shape index (κ2) is 6.57. The van der Waals surface area contributed by atoms with E-state index < -0.39 is 35.1 Å². The Hall–Kier alpha value is -3.09. The molecule has 1 fully saturated rings. The molecule has 1 heterocycles. The van der Waals surface area contributed by atoms with Crippen molar-refractivity contribution in [1.29, 1.82) is 0 Å². The lowest BCUT2D eigenvalue weighted by atomic mass is 10.1. The standard InChI is InChI=1S/C20H16F2N2O3/c21-13-5-6-17(16(22)9-13)24-10-15(18(25)20(24)27)19(26)23-14-7-11-3-1-2-4-12(11)8-14/h1-6,9,14-15H,7-8,10H2,(H,23,26). The highest BCUT2D eigenvalue weighted by Gasteiger charge is 2.45. The number of Topliss-reactive ketones (excluding diaryl/α,β-unsaturated/α-hetero) is 1. The van der Waals surface area contributed by atoms with E-state index >= 15 is 0 Å². The fourth-order valence-corrected chi connectivity index (χ4v) is 3.70. The van der Waals surface area contributed by atoms with Gasteiger partial charge in [-0.15, -0.1) is 0 Å². The van der Waals surface area contributed by atoms with Crippen LogP contribution >= 0.6 is 0 Å². The first-order chi connectivity index (χ1) is 12.9. The van der Waals surface area contributed by atoms with Crippen LogP contribution in [0.1, 0.15) is 11.1 Å². The van der Waals surface area contributed by atoms with Gasteiger partial charge in [-0.3, -0.25) is 14.4 Å². The molecule has 4 rings (SSSR count). The van der Waals surface area contributed by atoms with E-state index in [-0.39, 0.29) is 18.3 Å². The molecule has 0 radical (unpaired) electrons. The molecule has 7 heteroatoms. The number of rotatable bonds is 3. The summed E-state index contributed by atoms with van der Waals surface area (Å²) in [4.78, 5) is 37.9. The van der Waals surface area contributed by atoms with Crippen LogP contribution in [0.4, 0.5) is 14.5 Å². The molecule has 1 atom stereocenters. The zero-order valence-corrected chi connectivity index (χ0v) is 14.2. The highest BCUT2D eigenvalue weighted by atomic mass is 19.1. The Labute approximate surface area is 154 Å². The number of carbonyl (C=O) groups excluding carboxylic acids is 3. The second-order valence-corrected chi connectivity index (χ2v) is 6.81. The molecule has 2 amide bonds.